The first-order valence-corrected chi connectivity index (χ1v) is 11.7. The van der Waals surface area contributed by atoms with Gasteiger partial charge in [-0.25, -0.2) is 14.0 Å². The van der Waals surface area contributed by atoms with Gasteiger partial charge in [0.05, 0.1) is 24.5 Å². The number of amides is 2. The van der Waals surface area contributed by atoms with Gasteiger partial charge in [-0.2, -0.15) is 0 Å². The molecule has 0 bridgehead atoms. The van der Waals surface area contributed by atoms with Gasteiger partial charge in [-0.3, -0.25) is 9.69 Å². The number of esters is 1. The summed E-state index contributed by atoms with van der Waals surface area (Å²) in [6.07, 6.45) is 0.671. The number of carbonyl (C=O) groups excluding carboxylic acids is 3. The molecule has 1 aromatic carbocycles. The van der Waals surface area contributed by atoms with E-state index < -0.39 is 29.6 Å². The zero-order valence-corrected chi connectivity index (χ0v) is 20.3. The number of benzene rings is 1. The molecule has 10 nitrogen and oxygen atoms in total. The van der Waals surface area contributed by atoms with E-state index in [0.717, 1.165) is 0 Å². The lowest BCUT2D eigenvalue weighted by Gasteiger charge is -2.23. The van der Waals surface area contributed by atoms with E-state index >= 15 is 0 Å². The van der Waals surface area contributed by atoms with Gasteiger partial charge < -0.3 is 24.5 Å². The standard InChI is InChI=1S/C24H31FN4O6/c1-14(30)26-8-16-10-29(23(32)34-16)15-5-6-21(20(25)7-15)28-11-18-17(19(18)12-28)9-27-33-13-22(31)35-24(2,3)4/h5-7,9,16-19H,8,10-13H2,1-4H3,(H,26,30)/t16-,17?,18-,19+/m0/s1. The van der Waals surface area contributed by atoms with E-state index in [1.165, 1.54) is 17.9 Å². The highest BCUT2D eigenvalue weighted by atomic mass is 19.1. The number of hydrogen-bond acceptors (Lipinski definition) is 8. The third-order valence-corrected chi connectivity index (χ3v) is 6.21. The van der Waals surface area contributed by atoms with Crippen LogP contribution in [-0.4, -0.2) is 68.7 Å². The molecule has 1 N–H and O–H groups in total. The van der Waals surface area contributed by atoms with Crippen molar-refractivity contribution < 1.29 is 33.1 Å². The molecule has 190 valence electrons. The van der Waals surface area contributed by atoms with Gasteiger partial charge in [0.1, 0.15) is 17.5 Å². The first-order chi connectivity index (χ1) is 16.5. The highest BCUT2D eigenvalue weighted by Gasteiger charge is 2.55. The Morgan fingerprint density at radius 2 is 1.97 bits per heavy atom. The molecule has 3 aliphatic rings. The molecule has 1 unspecified atom stereocenters. The number of rotatable bonds is 8. The number of anilines is 2. The molecule has 1 aliphatic carbocycles. The Kier molecular flexibility index (Phi) is 6.86. The molecule has 2 amide bonds. The van der Waals surface area contributed by atoms with Crippen molar-refractivity contribution in [2.24, 2.45) is 22.9 Å². The summed E-state index contributed by atoms with van der Waals surface area (Å²) in [6.45, 7) is 8.34. The minimum Gasteiger partial charge on any atom is -0.457 e. The minimum atomic E-state index is -0.567. The summed E-state index contributed by atoms with van der Waals surface area (Å²) in [7, 11) is 0. The molecule has 4 rings (SSSR count). The molecule has 0 aromatic heterocycles. The van der Waals surface area contributed by atoms with Crippen LogP contribution in [-0.2, 0) is 23.9 Å². The number of ether oxygens (including phenoxy) is 2. The Hall–Kier alpha value is -3.37. The van der Waals surface area contributed by atoms with Crippen LogP contribution in [0.15, 0.2) is 23.4 Å². The predicted molar refractivity (Wildman–Crippen MR) is 126 cm³/mol. The van der Waals surface area contributed by atoms with Crippen LogP contribution in [0.1, 0.15) is 27.7 Å². The van der Waals surface area contributed by atoms with Crippen molar-refractivity contribution in [2.75, 3.05) is 42.6 Å². The second-order valence-electron chi connectivity index (χ2n) is 10.1. The Morgan fingerprint density at radius 1 is 1.26 bits per heavy atom. The van der Waals surface area contributed by atoms with E-state index in [1.54, 1.807) is 39.1 Å². The van der Waals surface area contributed by atoms with E-state index in [2.05, 4.69) is 10.5 Å². The smallest absolute Gasteiger partial charge is 0.414 e. The fraction of sp³-hybridized carbons (Fsp3) is 0.583. The van der Waals surface area contributed by atoms with Gasteiger partial charge in [-0.05, 0) is 50.8 Å². The van der Waals surface area contributed by atoms with E-state index in [1.807, 2.05) is 4.90 Å². The molecule has 35 heavy (non-hydrogen) atoms. The molecule has 11 heteroatoms. The van der Waals surface area contributed by atoms with Crippen molar-refractivity contribution in [2.45, 2.75) is 39.4 Å². The van der Waals surface area contributed by atoms with Crippen molar-refractivity contribution in [1.29, 1.82) is 0 Å². The highest BCUT2D eigenvalue weighted by Crippen LogP contribution is 2.51. The van der Waals surface area contributed by atoms with E-state index in [-0.39, 0.29) is 31.5 Å². The van der Waals surface area contributed by atoms with Crippen molar-refractivity contribution in [3.05, 3.63) is 24.0 Å². The van der Waals surface area contributed by atoms with E-state index in [4.69, 9.17) is 14.3 Å². The normalized spacial score (nSPS) is 25.5. The van der Waals surface area contributed by atoms with Gasteiger partial charge in [0.25, 0.3) is 0 Å². The molecule has 2 saturated heterocycles. The number of fused-ring (bicyclic) bond motifs is 1. The van der Waals surface area contributed by atoms with Crippen LogP contribution in [0.25, 0.3) is 0 Å². The van der Waals surface area contributed by atoms with Gasteiger partial charge in [-0.1, -0.05) is 5.16 Å². The molecule has 2 heterocycles. The van der Waals surface area contributed by atoms with Crippen LogP contribution >= 0.6 is 0 Å². The summed E-state index contributed by atoms with van der Waals surface area (Å²) in [6, 6.07) is 4.72. The molecule has 4 atom stereocenters. The van der Waals surface area contributed by atoms with Crippen LogP contribution in [0.4, 0.5) is 20.6 Å². The quantitative estimate of drug-likeness (QED) is 0.338. The van der Waals surface area contributed by atoms with Crippen LogP contribution in [0.3, 0.4) is 0 Å². The summed E-state index contributed by atoms with van der Waals surface area (Å²) in [5.41, 5.74) is 0.334. The zero-order valence-electron chi connectivity index (χ0n) is 20.3. The molecule has 0 radical (unpaired) electrons. The van der Waals surface area contributed by atoms with Gasteiger partial charge in [0.2, 0.25) is 12.5 Å². The third-order valence-electron chi connectivity index (χ3n) is 6.21. The lowest BCUT2D eigenvalue weighted by Crippen LogP contribution is -2.33. The summed E-state index contributed by atoms with van der Waals surface area (Å²) in [5.74, 6) is -0.140. The molecule has 2 aliphatic heterocycles. The van der Waals surface area contributed by atoms with Gasteiger partial charge >= 0.3 is 12.1 Å². The molecule has 1 saturated carbocycles. The average Bonchev–Trinajstić information content (AvgIpc) is 3.08. The number of cyclic esters (lactones) is 1. The van der Waals surface area contributed by atoms with Crippen LogP contribution in [0, 0.1) is 23.6 Å². The number of piperidine rings is 1. The maximum absolute atomic E-state index is 14.9. The van der Waals surface area contributed by atoms with Gasteiger partial charge in [0, 0.05) is 32.1 Å². The Morgan fingerprint density at radius 3 is 2.60 bits per heavy atom. The van der Waals surface area contributed by atoms with Crippen molar-refractivity contribution in [1.82, 2.24) is 5.32 Å². The van der Waals surface area contributed by atoms with Crippen molar-refractivity contribution in [3.8, 4) is 0 Å². The van der Waals surface area contributed by atoms with Crippen LogP contribution in [0.2, 0.25) is 0 Å². The van der Waals surface area contributed by atoms with Gasteiger partial charge in [-0.15, -0.1) is 0 Å². The number of nitrogens with one attached hydrogen (secondary N) is 1. The third kappa shape index (κ3) is 6.01. The maximum atomic E-state index is 14.9. The lowest BCUT2D eigenvalue weighted by molar-refractivity contribution is -0.160. The Balaban J connectivity index is 1.25. The lowest BCUT2D eigenvalue weighted by atomic mass is 10.2. The highest BCUT2D eigenvalue weighted by molar-refractivity contribution is 5.90. The van der Waals surface area contributed by atoms with Crippen molar-refractivity contribution >= 4 is 35.6 Å². The zero-order chi connectivity index (χ0) is 25.3. The van der Waals surface area contributed by atoms with E-state index in [9.17, 15) is 18.8 Å². The number of carbonyl (C=O) groups is 3. The Labute approximate surface area is 203 Å². The first kappa shape index (κ1) is 24.7. The summed E-state index contributed by atoms with van der Waals surface area (Å²) in [4.78, 5) is 43.3. The second-order valence-corrected chi connectivity index (χ2v) is 10.1. The number of oxime groups is 1. The predicted octanol–water partition coefficient (Wildman–Crippen LogP) is 2.31. The van der Waals surface area contributed by atoms with E-state index in [0.29, 0.717) is 36.3 Å². The fourth-order valence-corrected chi connectivity index (χ4v) is 4.58. The molecule has 3 fully saturated rings. The summed E-state index contributed by atoms with van der Waals surface area (Å²) >= 11 is 0. The van der Waals surface area contributed by atoms with Crippen LogP contribution < -0.4 is 15.1 Å². The SMILES string of the molecule is CC(=O)NC[C@H]1CN(c2ccc(N3C[C@@H]4C(C=NOCC(=O)OC(C)(C)C)[C@@H]4C3)c(F)c2)C(=O)O1. The average molecular weight is 491 g/mol. The minimum absolute atomic E-state index is 0.208. The summed E-state index contributed by atoms with van der Waals surface area (Å²) < 4.78 is 25.3. The summed E-state index contributed by atoms with van der Waals surface area (Å²) in [5, 5.41) is 6.52. The molecule has 0 spiro atoms. The van der Waals surface area contributed by atoms with Crippen LogP contribution in [0.5, 0.6) is 0 Å². The molecular formula is C24H31FN4O6. The first-order valence-electron chi connectivity index (χ1n) is 11.7. The number of hydrogen-bond donors (Lipinski definition) is 1. The largest absolute Gasteiger partial charge is 0.457 e. The molecule has 1 aromatic rings. The molecular weight excluding hydrogens is 459 g/mol. The number of halogens is 1. The monoisotopic (exact) mass is 490 g/mol. The fourth-order valence-electron chi connectivity index (χ4n) is 4.58. The topological polar surface area (TPSA) is 110 Å². The number of nitrogens with zero attached hydrogens (tertiary/aromatic N) is 3. The Bertz CT molecular complexity index is 1010. The van der Waals surface area contributed by atoms with Crippen molar-refractivity contribution in [3.63, 3.8) is 0 Å². The second kappa shape index (κ2) is 9.71. The van der Waals surface area contributed by atoms with Gasteiger partial charge in [0.15, 0.2) is 0 Å². The maximum Gasteiger partial charge on any atom is 0.414 e.